The number of carbonyl (C=O) groups is 1. The Labute approximate surface area is 165 Å². The van der Waals surface area contributed by atoms with Crippen molar-refractivity contribution in [2.75, 3.05) is 18.9 Å². The van der Waals surface area contributed by atoms with Crippen molar-refractivity contribution in [1.82, 2.24) is 24.2 Å². The minimum absolute atomic E-state index is 0.103. The average molecular weight is 431 g/mol. The number of aliphatic hydroxyl groups excluding tert-OH is 2. The molecule has 1 aliphatic heterocycles. The third-order valence-corrected chi connectivity index (χ3v) is 5.27. The monoisotopic (exact) mass is 431 g/mol. The number of ether oxygens (including phenoxy) is 1. The molecular weight excluding hydrogens is 410 g/mol. The number of hydrogen-bond donors (Lipinski definition) is 5. The number of amides is 1. The topological polar surface area (TPSA) is 218 Å². The van der Waals surface area contributed by atoms with Gasteiger partial charge in [0.05, 0.1) is 31.6 Å². The highest BCUT2D eigenvalue weighted by molar-refractivity contribution is 7.85. The number of aromatic nitrogens is 4. The first kappa shape index (κ1) is 21.3. The smallest absolute Gasteiger partial charge is 0.362 e. The SMILES string of the molecule is C[C@H](N)C(=O)NS(=O)(=O)OC[C@H]1OC[C@@H](n2cnc3c(N)ncnc32)[C@H](O)[C@@H]1O. The molecule has 0 unspecified atom stereocenters. The number of rotatable bonds is 6. The van der Waals surface area contributed by atoms with Gasteiger partial charge < -0.3 is 31.0 Å². The fourth-order valence-corrected chi connectivity index (χ4v) is 3.58. The van der Waals surface area contributed by atoms with Gasteiger partial charge in [-0.05, 0) is 6.92 Å². The van der Waals surface area contributed by atoms with Gasteiger partial charge in [-0.25, -0.2) is 19.7 Å². The maximum absolute atomic E-state index is 11.8. The van der Waals surface area contributed by atoms with Gasteiger partial charge in [0, 0.05) is 0 Å². The number of nitrogen functional groups attached to an aromatic ring is 1. The van der Waals surface area contributed by atoms with E-state index in [2.05, 4.69) is 19.1 Å². The van der Waals surface area contributed by atoms with Gasteiger partial charge in [0.25, 0.3) is 5.91 Å². The fourth-order valence-electron chi connectivity index (χ4n) is 2.77. The summed E-state index contributed by atoms with van der Waals surface area (Å²) in [7, 11) is -4.45. The normalized spacial score (nSPS) is 26.3. The molecule has 0 aliphatic carbocycles. The number of nitrogens with two attached hydrogens (primary N) is 2. The number of fused-ring (bicyclic) bond motifs is 1. The van der Waals surface area contributed by atoms with Crippen LogP contribution in [0, 0.1) is 0 Å². The van der Waals surface area contributed by atoms with E-state index < -0.39 is 53.2 Å². The second-order valence-electron chi connectivity index (χ2n) is 6.50. The molecule has 7 N–H and O–H groups in total. The molecule has 5 atom stereocenters. The van der Waals surface area contributed by atoms with Gasteiger partial charge in [-0.3, -0.25) is 8.98 Å². The summed E-state index contributed by atoms with van der Waals surface area (Å²) in [5.74, 6) is -0.797. The molecule has 15 heteroatoms. The highest BCUT2D eigenvalue weighted by Crippen LogP contribution is 2.28. The van der Waals surface area contributed by atoms with Crippen molar-refractivity contribution in [2.24, 2.45) is 5.73 Å². The van der Waals surface area contributed by atoms with E-state index in [0.29, 0.717) is 11.2 Å². The molecule has 1 fully saturated rings. The molecule has 1 aliphatic rings. The van der Waals surface area contributed by atoms with Gasteiger partial charge >= 0.3 is 10.3 Å². The van der Waals surface area contributed by atoms with E-state index >= 15 is 0 Å². The Morgan fingerprint density at radius 2 is 2.14 bits per heavy atom. The van der Waals surface area contributed by atoms with Crippen molar-refractivity contribution < 1.29 is 32.3 Å². The number of nitrogens with one attached hydrogen (secondary N) is 1. The van der Waals surface area contributed by atoms with E-state index in [-0.39, 0.29) is 12.4 Å². The van der Waals surface area contributed by atoms with Crippen molar-refractivity contribution in [2.45, 2.75) is 37.3 Å². The second kappa shape index (κ2) is 8.13. The van der Waals surface area contributed by atoms with Crippen molar-refractivity contribution in [1.29, 1.82) is 0 Å². The van der Waals surface area contributed by atoms with Crippen LogP contribution in [0.2, 0.25) is 0 Å². The van der Waals surface area contributed by atoms with Gasteiger partial charge in [0.1, 0.15) is 30.2 Å². The zero-order valence-corrected chi connectivity index (χ0v) is 16.1. The quantitative estimate of drug-likeness (QED) is 0.305. The van der Waals surface area contributed by atoms with Crippen LogP contribution in [0.4, 0.5) is 5.82 Å². The number of anilines is 1. The molecule has 2 aromatic rings. The second-order valence-corrected chi connectivity index (χ2v) is 7.84. The maximum atomic E-state index is 11.8. The number of nitrogens with zero attached hydrogens (tertiary/aromatic N) is 4. The predicted molar refractivity (Wildman–Crippen MR) is 97.2 cm³/mol. The van der Waals surface area contributed by atoms with Crippen LogP contribution in [0.25, 0.3) is 11.2 Å². The van der Waals surface area contributed by atoms with Crippen LogP contribution < -0.4 is 16.2 Å². The summed E-state index contributed by atoms with van der Waals surface area (Å²) < 4.78 is 36.7. The Balaban J connectivity index is 1.67. The molecule has 0 spiro atoms. The number of hydrogen-bond acceptors (Lipinski definition) is 12. The molecule has 3 heterocycles. The van der Waals surface area contributed by atoms with E-state index in [1.165, 1.54) is 24.1 Å². The molecule has 0 radical (unpaired) electrons. The highest BCUT2D eigenvalue weighted by atomic mass is 32.2. The number of carbonyl (C=O) groups excluding carboxylic acids is 1. The number of aliphatic hydroxyl groups is 2. The summed E-state index contributed by atoms with van der Waals surface area (Å²) in [5.41, 5.74) is 11.7. The van der Waals surface area contributed by atoms with Crippen molar-refractivity contribution in [3.8, 4) is 0 Å². The Kier molecular flexibility index (Phi) is 5.97. The first-order valence-electron chi connectivity index (χ1n) is 8.48. The predicted octanol–water partition coefficient (Wildman–Crippen LogP) is -3.20. The van der Waals surface area contributed by atoms with E-state index in [1.54, 1.807) is 4.72 Å². The van der Waals surface area contributed by atoms with Gasteiger partial charge in [0.2, 0.25) is 0 Å². The standard InChI is InChI=1S/C14H21N7O7S/c1-6(15)14(24)20-29(25,26)28-3-8-11(23)10(22)7(2-27-8)21-5-19-9-12(16)17-4-18-13(9)21/h4-8,10-11,22-23H,2-3,15H2,1H3,(H,20,24)(H2,16,17,18)/t6-,7+,8+,10-,11+/m0/s1. The lowest BCUT2D eigenvalue weighted by Crippen LogP contribution is -2.53. The lowest BCUT2D eigenvalue weighted by Gasteiger charge is -2.37. The van der Waals surface area contributed by atoms with Gasteiger partial charge in [-0.15, -0.1) is 0 Å². The molecule has 0 aromatic carbocycles. The first-order chi connectivity index (χ1) is 13.6. The molecule has 0 bridgehead atoms. The van der Waals surface area contributed by atoms with Crippen LogP contribution >= 0.6 is 0 Å². The fraction of sp³-hybridized carbons (Fsp3) is 0.571. The Morgan fingerprint density at radius 1 is 1.41 bits per heavy atom. The first-order valence-corrected chi connectivity index (χ1v) is 9.89. The summed E-state index contributed by atoms with van der Waals surface area (Å²) >= 11 is 0. The molecule has 14 nitrogen and oxygen atoms in total. The maximum Gasteiger partial charge on any atom is 0.362 e. The molecule has 3 rings (SSSR count). The van der Waals surface area contributed by atoms with Crippen molar-refractivity contribution in [3.63, 3.8) is 0 Å². The van der Waals surface area contributed by atoms with E-state index in [9.17, 15) is 23.4 Å². The molecule has 1 saturated heterocycles. The van der Waals surface area contributed by atoms with Crippen LogP contribution in [-0.2, 0) is 24.0 Å². The molecule has 160 valence electrons. The summed E-state index contributed by atoms with van der Waals surface area (Å²) in [4.78, 5) is 23.4. The minimum Gasteiger partial charge on any atom is -0.388 e. The molecular formula is C14H21N7O7S. The van der Waals surface area contributed by atoms with Crippen LogP contribution in [0.3, 0.4) is 0 Å². The van der Waals surface area contributed by atoms with Crippen molar-refractivity contribution >= 4 is 33.2 Å². The minimum atomic E-state index is -4.45. The van der Waals surface area contributed by atoms with Crippen molar-refractivity contribution in [3.05, 3.63) is 12.7 Å². The Morgan fingerprint density at radius 3 is 2.83 bits per heavy atom. The summed E-state index contributed by atoms with van der Waals surface area (Å²) in [6, 6.07) is -1.83. The van der Waals surface area contributed by atoms with Gasteiger partial charge in [0.15, 0.2) is 11.5 Å². The third-order valence-electron chi connectivity index (χ3n) is 4.38. The van der Waals surface area contributed by atoms with E-state index in [0.717, 1.165) is 0 Å². The lowest BCUT2D eigenvalue weighted by atomic mass is 9.98. The molecule has 29 heavy (non-hydrogen) atoms. The molecule has 0 saturated carbocycles. The zero-order chi connectivity index (χ0) is 21.3. The third kappa shape index (κ3) is 4.44. The Hall–Kier alpha value is -2.43. The highest BCUT2D eigenvalue weighted by Gasteiger charge is 2.41. The summed E-state index contributed by atoms with van der Waals surface area (Å²) in [6.45, 7) is 0.563. The number of imidazole rings is 1. The van der Waals surface area contributed by atoms with Crippen LogP contribution in [0.15, 0.2) is 12.7 Å². The van der Waals surface area contributed by atoms with E-state index in [1.807, 2.05) is 0 Å². The molecule has 1 amide bonds. The van der Waals surface area contributed by atoms with E-state index in [4.69, 9.17) is 16.2 Å². The van der Waals surface area contributed by atoms with Crippen LogP contribution in [0.5, 0.6) is 0 Å². The Bertz CT molecular complexity index is 995. The van der Waals surface area contributed by atoms with Crippen LogP contribution in [-0.4, -0.2) is 81.6 Å². The zero-order valence-electron chi connectivity index (χ0n) is 15.2. The average Bonchev–Trinajstić information content (AvgIpc) is 3.08. The van der Waals surface area contributed by atoms with Crippen LogP contribution in [0.1, 0.15) is 13.0 Å². The summed E-state index contributed by atoms with van der Waals surface area (Å²) in [6.07, 6.45) is -1.40. The summed E-state index contributed by atoms with van der Waals surface area (Å²) in [5, 5.41) is 20.9. The van der Waals surface area contributed by atoms with Gasteiger partial charge in [-0.1, -0.05) is 0 Å². The largest absolute Gasteiger partial charge is 0.388 e. The lowest BCUT2D eigenvalue weighted by molar-refractivity contribution is -0.166. The molecule has 2 aromatic heterocycles. The van der Waals surface area contributed by atoms with Gasteiger partial charge in [-0.2, -0.15) is 8.42 Å².